The van der Waals surface area contributed by atoms with E-state index in [1.807, 2.05) is 0 Å². The molecular weight excluding hydrogens is 296 g/mol. The molecule has 0 radical (unpaired) electrons. The first-order valence-corrected chi connectivity index (χ1v) is 8.08. The molecule has 7 nitrogen and oxygen atoms in total. The Labute approximate surface area is 123 Å². The number of nitrogens with two attached hydrogens (primary N) is 1. The van der Waals surface area contributed by atoms with E-state index in [0.29, 0.717) is 32.1 Å². The minimum atomic E-state index is -3.73. The molecule has 1 atom stereocenters. The van der Waals surface area contributed by atoms with Gasteiger partial charge in [-0.3, -0.25) is 4.79 Å². The molecule has 21 heavy (non-hydrogen) atoms. The maximum atomic E-state index is 12.2. The van der Waals surface area contributed by atoms with Crippen LogP contribution in [0.2, 0.25) is 0 Å². The van der Waals surface area contributed by atoms with Gasteiger partial charge in [-0.1, -0.05) is 0 Å². The molecule has 116 valence electrons. The molecule has 1 aliphatic heterocycles. The lowest BCUT2D eigenvalue weighted by Crippen LogP contribution is -2.46. The average molecular weight is 314 g/mol. The highest BCUT2D eigenvalue weighted by atomic mass is 32.2. The number of hydrogen-bond donors (Lipinski definition) is 1. The van der Waals surface area contributed by atoms with Crippen LogP contribution in [0.15, 0.2) is 29.2 Å². The molecule has 1 aromatic carbocycles. The number of rotatable bonds is 4. The van der Waals surface area contributed by atoms with Gasteiger partial charge in [0.2, 0.25) is 10.0 Å². The van der Waals surface area contributed by atoms with E-state index in [1.165, 1.54) is 24.3 Å². The summed E-state index contributed by atoms with van der Waals surface area (Å²) in [6.07, 6.45) is -0.650. The van der Waals surface area contributed by atoms with E-state index in [4.69, 9.17) is 14.6 Å². The van der Waals surface area contributed by atoms with Crippen molar-refractivity contribution in [3.05, 3.63) is 24.3 Å². The van der Waals surface area contributed by atoms with Gasteiger partial charge < -0.3 is 14.4 Å². The number of hydrogen-bond acceptors (Lipinski definition) is 5. The van der Waals surface area contributed by atoms with E-state index in [2.05, 4.69) is 0 Å². The number of sulfonamides is 1. The van der Waals surface area contributed by atoms with Crippen LogP contribution in [-0.2, 0) is 19.6 Å². The summed E-state index contributed by atoms with van der Waals surface area (Å²) in [6, 6.07) is 5.64. The predicted octanol–water partition coefficient (Wildman–Crippen LogP) is -0.0399. The van der Waals surface area contributed by atoms with Crippen LogP contribution < -0.4 is 9.88 Å². The summed E-state index contributed by atoms with van der Waals surface area (Å²) in [6.45, 7) is 3.82. The van der Waals surface area contributed by atoms with E-state index in [9.17, 15) is 13.2 Å². The summed E-state index contributed by atoms with van der Waals surface area (Å²) in [5, 5.41) is 5.01. The summed E-state index contributed by atoms with van der Waals surface area (Å²) in [4.78, 5) is 13.8. The first-order valence-electron chi connectivity index (χ1n) is 6.54. The van der Waals surface area contributed by atoms with Gasteiger partial charge in [0.05, 0.1) is 18.1 Å². The van der Waals surface area contributed by atoms with E-state index in [1.54, 1.807) is 11.8 Å². The number of carbonyl (C=O) groups is 1. The molecule has 1 aromatic rings. The molecule has 0 saturated carbocycles. The van der Waals surface area contributed by atoms with Gasteiger partial charge in [-0.15, -0.1) is 0 Å². The molecule has 1 saturated heterocycles. The lowest BCUT2D eigenvalue weighted by molar-refractivity contribution is -0.142. The van der Waals surface area contributed by atoms with Crippen LogP contribution in [0, 0.1) is 0 Å². The number of primary sulfonamides is 1. The van der Waals surface area contributed by atoms with Crippen LogP contribution in [0.5, 0.6) is 5.75 Å². The molecular formula is C13H18N2O5S. The number of ether oxygens (including phenoxy) is 2. The fourth-order valence-electron chi connectivity index (χ4n) is 2.00. The Morgan fingerprint density at radius 1 is 1.29 bits per heavy atom. The number of carbonyl (C=O) groups excluding carboxylic acids is 1. The third kappa shape index (κ3) is 4.16. The summed E-state index contributed by atoms with van der Waals surface area (Å²) >= 11 is 0. The van der Waals surface area contributed by atoms with Crippen molar-refractivity contribution in [2.75, 3.05) is 26.3 Å². The molecule has 2 N–H and O–H groups in total. The minimum Gasteiger partial charge on any atom is -0.481 e. The molecule has 1 fully saturated rings. The Morgan fingerprint density at radius 3 is 2.38 bits per heavy atom. The predicted molar refractivity (Wildman–Crippen MR) is 75.3 cm³/mol. The Morgan fingerprint density at radius 2 is 1.86 bits per heavy atom. The fourth-order valence-corrected chi connectivity index (χ4v) is 2.52. The van der Waals surface area contributed by atoms with Gasteiger partial charge in [0.15, 0.2) is 6.10 Å². The SMILES string of the molecule is C[C@@H](Oc1ccc(S(N)(=O)=O)cc1)C(=O)N1CCOCC1. The highest BCUT2D eigenvalue weighted by molar-refractivity contribution is 7.89. The molecule has 0 spiro atoms. The maximum absolute atomic E-state index is 12.2. The quantitative estimate of drug-likeness (QED) is 0.841. The Balaban J connectivity index is 1.98. The van der Waals surface area contributed by atoms with Gasteiger partial charge >= 0.3 is 0 Å². The molecule has 1 heterocycles. The van der Waals surface area contributed by atoms with Gasteiger partial charge in [0, 0.05) is 13.1 Å². The third-order valence-corrected chi connectivity index (χ3v) is 4.06. The lowest BCUT2D eigenvalue weighted by Gasteiger charge is -2.29. The van der Waals surface area contributed by atoms with Crippen molar-refractivity contribution in [3.63, 3.8) is 0 Å². The second-order valence-electron chi connectivity index (χ2n) is 4.71. The third-order valence-electron chi connectivity index (χ3n) is 3.14. The molecule has 1 amide bonds. The van der Waals surface area contributed by atoms with Gasteiger partial charge in [0.1, 0.15) is 5.75 Å². The zero-order chi connectivity index (χ0) is 15.5. The first-order chi connectivity index (χ1) is 9.88. The second-order valence-corrected chi connectivity index (χ2v) is 6.28. The molecule has 8 heteroatoms. The summed E-state index contributed by atoms with van der Waals surface area (Å²) < 4.78 is 33.0. The van der Waals surface area contributed by atoms with Crippen molar-refractivity contribution < 1.29 is 22.7 Å². The van der Waals surface area contributed by atoms with Gasteiger partial charge in [-0.2, -0.15) is 0 Å². The lowest BCUT2D eigenvalue weighted by atomic mass is 10.3. The Hall–Kier alpha value is -1.64. The Kier molecular flexibility index (Phi) is 4.81. The highest BCUT2D eigenvalue weighted by Crippen LogP contribution is 2.17. The van der Waals surface area contributed by atoms with E-state index in [0.717, 1.165) is 0 Å². The van der Waals surface area contributed by atoms with E-state index >= 15 is 0 Å². The van der Waals surface area contributed by atoms with Crippen LogP contribution in [-0.4, -0.2) is 51.6 Å². The summed E-state index contributed by atoms with van der Waals surface area (Å²) in [5.74, 6) is 0.297. The van der Waals surface area contributed by atoms with Crippen LogP contribution in [0.25, 0.3) is 0 Å². The molecule has 0 aromatic heterocycles. The summed E-state index contributed by atoms with van der Waals surface area (Å²) in [7, 11) is -3.73. The molecule has 0 aliphatic carbocycles. The number of benzene rings is 1. The molecule has 1 aliphatic rings. The monoisotopic (exact) mass is 314 g/mol. The van der Waals surface area contributed by atoms with Crippen molar-refractivity contribution in [2.24, 2.45) is 5.14 Å². The smallest absolute Gasteiger partial charge is 0.263 e. The fraction of sp³-hybridized carbons (Fsp3) is 0.462. The topological polar surface area (TPSA) is 98.9 Å². The number of morpholine rings is 1. The summed E-state index contributed by atoms with van der Waals surface area (Å²) in [5.41, 5.74) is 0. The standard InChI is InChI=1S/C13H18N2O5S/c1-10(13(16)15-6-8-19-9-7-15)20-11-2-4-12(5-3-11)21(14,17)18/h2-5,10H,6-9H2,1H3,(H2,14,17,18)/t10-/m1/s1. The minimum absolute atomic E-state index is 0.00186. The highest BCUT2D eigenvalue weighted by Gasteiger charge is 2.23. The van der Waals surface area contributed by atoms with Crippen LogP contribution in [0.3, 0.4) is 0 Å². The first kappa shape index (κ1) is 15.7. The van der Waals surface area contributed by atoms with Gasteiger partial charge in [-0.25, -0.2) is 13.6 Å². The number of amides is 1. The average Bonchev–Trinajstić information content (AvgIpc) is 2.47. The Bertz CT molecular complexity index is 593. The van der Waals surface area contributed by atoms with Crippen LogP contribution in [0.1, 0.15) is 6.92 Å². The van der Waals surface area contributed by atoms with Crippen molar-refractivity contribution in [1.82, 2.24) is 4.90 Å². The van der Waals surface area contributed by atoms with Gasteiger partial charge in [0.25, 0.3) is 5.91 Å². The molecule has 2 rings (SSSR count). The molecule has 0 unspecified atom stereocenters. The van der Waals surface area contributed by atoms with Crippen LogP contribution >= 0.6 is 0 Å². The number of nitrogens with zero attached hydrogens (tertiary/aromatic N) is 1. The normalized spacial score (nSPS) is 17.3. The van der Waals surface area contributed by atoms with Crippen LogP contribution in [0.4, 0.5) is 0 Å². The van der Waals surface area contributed by atoms with Gasteiger partial charge in [-0.05, 0) is 31.2 Å². The van der Waals surface area contributed by atoms with Crippen molar-refractivity contribution >= 4 is 15.9 Å². The second kappa shape index (κ2) is 6.42. The zero-order valence-corrected chi connectivity index (χ0v) is 12.5. The maximum Gasteiger partial charge on any atom is 0.263 e. The van der Waals surface area contributed by atoms with E-state index < -0.39 is 16.1 Å². The van der Waals surface area contributed by atoms with Crippen molar-refractivity contribution in [2.45, 2.75) is 17.9 Å². The van der Waals surface area contributed by atoms with E-state index in [-0.39, 0.29) is 10.8 Å². The zero-order valence-electron chi connectivity index (χ0n) is 11.7. The van der Waals surface area contributed by atoms with Crippen molar-refractivity contribution in [3.8, 4) is 5.75 Å². The van der Waals surface area contributed by atoms with Crippen molar-refractivity contribution in [1.29, 1.82) is 0 Å². The largest absolute Gasteiger partial charge is 0.481 e. The molecule has 0 bridgehead atoms.